The quantitative estimate of drug-likeness (QED) is 0.842. The van der Waals surface area contributed by atoms with E-state index < -0.39 is 0 Å². The van der Waals surface area contributed by atoms with Gasteiger partial charge in [-0.3, -0.25) is 4.79 Å². The molecular formula is C18H20N2O2. The number of likely N-dealkylation sites (tertiary alicyclic amines) is 1. The molecule has 2 saturated heterocycles. The Labute approximate surface area is 130 Å². The largest absolute Gasteiger partial charge is 0.381 e. The maximum absolute atomic E-state index is 12.5. The van der Waals surface area contributed by atoms with Gasteiger partial charge in [0.2, 0.25) is 0 Å². The Hall–Kier alpha value is -1.86. The Balaban J connectivity index is 1.43. The predicted molar refractivity (Wildman–Crippen MR) is 81.4 cm³/mol. The topological polar surface area (TPSA) is 53.3 Å². The smallest absolute Gasteiger partial charge is 0.253 e. The minimum atomic E-state index is -0.276. The van der Waals surface area contributed by atoms with E-state index in [1.807, 2.05) is 29.2 Å². The average molecular weight is 296 g/mol. The number of carbonyl (C=O) groups is 1. The summed E-state index contributed by atoms with van der Waals surface area (Å²) in [5.74, 6) is 0.101. The summed E-state index contributed by atoms with van der Waals surface area (Å²) in [4.78, 5) is 14.4. The lowest BCUT2D eigenvalue weighted by Crippen LogP contribution is -2.61. The van der Waals surface area contributed by atoms with Crippen molar-refractivity contribution in [3.8, 4) is 6.07 Å². The SMILES string of the molecule is N#CC1(c2ccc(C(=O)N3CC4(CCCOC4)C3)cc2)CC1. The van der Waals surface area contributed by atoms with Crippen molar-refractivity contribution < 1.29 is 9.53 Å². The van der Waals surface area contributed by atoms with E-state index in [4.69, 9.17) is 4.74 Å². The fraction of sp³-hybridized carbons (Fsp3) is 0.556. The van der Waals surface area contributed by atoms with Crippen molar-refractivity contribution in [1.82, 2.24) is 4.90 Å². The molecule has 22 heavy (non-hydrogen) atoms. The van der Waals surface area contributed by atoms with Crippen LogP contribution in [0.2, 0.25) is 0 Å². The van der Waals surface area contributed by atoms with Crippen LogP contribution in [0.3, 0.4) is 0 Å². The van der Waals surface area contributed by atoms with E-state index >= 15 is 0 Å². The summed E-state index contributed by atoms with van der Waals surface area (Å²) in [6.45, 7) is 3.28. The molecule has 0 unspecified atom stereocenters. The molecule has 3 aliphatic rings. The van der Waals surface area contributed by atoms with Crippen LogP contribution in [0.5, 0.6) is 0 Å². The van der Waals surface area contributed by atoms with Crippen LogP contribution in [-0.2, 0) is 10.2 Å². The summed E-state index contributed by atoms with van der Waals surface area (Å²) in [6.07, 6.45) is 4.14. The summed E-state index contributed by atoms with van der Waals surface area (Å²) in [6, 6.07) is 10.0. The van der Waals surface area contributed by atoms with Crippen LogP contribution in [0.1, 0.15) is 41.6 Å². The van der Waals surface area contributed by atoms with E-state index in [1.165, 1.54) is 6.42 Å². The Bertz CT molecular complexity index is 626. The lowest BCUT2D eigenvalue weighted by atomic mass is 9.75. The lowest BCUT2D eigenvalue weighted by Gasteiger charge is -2.51. The summed E-state index contributed by atoms with van der Waals surface area (Å²) < 4.78 is 5.56. The second kappa shape index (κ2) is 4.82. The second-order valence-corrected chi connectivity index (χ2v) is 7.09. The van der Waals surface area contributed by atoms with Gasteiger partial charge in [0.25, 0.3) is 5.91 Å². The third-order valence-corrected chi connectivity index (χ3v) is 5.39. The van der Waals surface area contributed by atoms with E-state index in [0.29, 0.717) is 0 Å². The number of ether oxygens (including phenoxy) is 1. The van der Waals surface area contributed by atoms with Gasteiger partial charge in [0.05, 0.1) is 18.1 Å². The van der Waals surface area contributed by atoms with Crippen LogP contribution in [-0.4, -0.2) is 37.1 Å². The summed E-state index contributed by atoms with van der Waals surface area (Å²) >= 11 is 0. The predicted octanol–water partition coefficient (Wildman–Crippen LogP) is 2.49. The standard InChI is InChI=1S/C18H20N2O2/c19-10-18(7-8-18)15-4-2-14(3-5-15)16(21)20-11-17(12-20)6-1-9-22-13-17/h2-5H,1,6-9,11-13H2. The maximum Gasteiger partial charge on any atom is 0.253 e. The van der Waals surface area contributed by atoms with Crippen LogP contribution in [0, 0.1) is 16.7 Å². The highest BCUT2D eigenvalue weighted by atomic mass is 16.5. The zero-order valence-corrected chi connectivity index (χ0v) is 12.7. The Morgan fingerprint density at radius 3 is 2.45 bits per heavy atom. The van der Waals surface area contributed by atoms with E-state index in [9.17, 15) is 10.1 Å². The molecule has 0 radical (unpaired) electrons. The third-order valence-electron chi connectivity index (χ3n) is 5.39. The van der Waals surface area contributed by atoms with Crippen molar-refractivity contribution in [3.05, 3.63) is 35.4 Å². The van der Waals surface area contributed by atoms with Gasteiger partial charge in [-0.15, -0.1) is 0 Å². The van der Waals surface area contributed by atoms with Crippen molar-refractivity contribution in [1.29, 1.82) is 5.26 Å². The van der Waals surface area contributed by atoms with Gasteiger partial charge >= 0.3 is 0 Å². The highest BCUT2D eigenvalue weighted by Crippen LogP contribution is 2.47. The monoisotopic (exact) mass is 296 g/mol. The summed E-state index contributed by atoms with van der Waals surface area (Å²) in [5.41, 5.74) is 1.71. The third kappa shape index (κ3) is 2.12. The zero-order chi connectivity index (χ0) is 15.2. The first kappa shape index (κ1) is 13.8. The molecule has 1 aromatic carbocycles. The maximum atomic E-state index is 12.5. The van der Waals surface area contributed by atoms with Gasteiger partial charge in [0.1, 0.15) is 0 Å². The minimum Gasteiger partial charge on any atom is -0.381 e. The molecule has 4 nitrogen and oxygen atoms in total. The molecule has 114 valence electrons. The number of hydrogen-bond acceptors (Lipinski definition) is 3. The molecule has 1 aliphatic carbocycles. The first-order chi connectivity index (χ1) is 10.7. The first-order valence-corrected chi connectivity index (χ1v) is 8.05. The van der Waals surface area contributed by atoms with Crippen LogP contribution in [0.25, 0.3) is 0 Å². The number of nitrogens with zero attached hydrogens (tertiary/aromatic N) is 2. The number of hydrogen-bond donors (Lipinski definition) is 0. The molecule has 3 fully saturated rings. The fourth-order valence-electron chi connectivity index (χ4n) is 3.77. The normalized spacial score (nSPS) is 24.4. The fourth-order valence-corrected chi connectivity index (χ4v) is 3.77. The van der Waals surface area contributed by atoms with Crippen LogP contribution < -0.4 is 0 Å². The van der Waals surface area contributed by atoms with E-state index in [1.54, 1.807) is 0 Å². The highest BCUT2D eigenvalue weighted by Gasteiger charge is 2.47. The number of amides is 1. The lowest BCUT2D eigenvalue weighted by molar-refractivity contribution is -0.0863. The number of nitriles is 1. The number of rotatable bonds is 2. The molecule has 0 bridgehead atoms. The second-order valence-electron chi connectivity index (χ2n) is 7.09. The molecule has 1 amide bonds. The Morgan fingerprint density at radius 2 is 1.91 bits per heavy atom. The van der Waals surface area contributed by atoms with Gasteiger partial charge < -0.3 is 9.64 Å². The van der Waals surface area contributed by atoms with Gasteiger partial charge in [-0.25, -0.2) is 0 Å². The van der Waals surface area contributed by atoms with E-state index in [-0.39, 0.29) is 16.7 Å². The number of benzene rings is 1. The van der Waals surface area contributed by atoms with Gasteiger partial charge in [-0.05, 0) is 43.4 Å². The van der Waals surface area contributed by atoms with Gasteiger partial charge in [0, 0.05) is 30.7 Å². The van der Waals surface area contributed by atoms with Crippen LogP contribution >= 0.6 is 0 Å². The average Bonchev–Trinajstić information content (AvgIpc) is 3.34. The first-order valence-electron chi connectivity index (χ1n) is 8.05. The summed E-state index contributed by atoms with van der Waals surface area (Å²) in [5, 5.41) is 9.23. The van der Waals surface area contributed by atoms with Crippen molar-refractivity contribution in [3.63, 3.8) is 0 Å². The summed E-state index contributed by atoms with van der Waals surface area (Å²) in [7, 11) is 0. The molecule has 1 spiro atoms. The molecule has 1 aromatic rings. The molecule has 0 N–H and O–H groups in total. The molecule has 2 heterocycles. The molecule has 4 heteroatoms. The molecule has 2 aliphatic heterocycles. The van der Waals surface area contributed by atoms with Crippen LogP contribution in [0.4, 0.5) is 0 Å². The molecule has 4 rings (SSSR count). The van der Waals surface area contributed by atoms with Gasteiger partial charge in [0.15, 0.2) is 0 Å². The molecule has 0 aromatic heterocycles. The number of carbonyl (C=O) groups excluding carboxylic acids is 1. The van der Waals surface area contributed by atoms with Crippen molar-refractivity contribution in [2.45, 2.75) is 31.1 Å². The Morgan fingerprint density at radius 1 is 1.18 bits per heavy atom. The van der Waals surface area contributed by atoms with E-state index in [2.05, 4.69) is 6.07 Å². The highest BCUT2D eigenvalue weighted by molar-refractivity contribution is 5.95. The van der Waals surface area contributed by atoms with Gasteiger partial charge in [-0.2, -0.15) is 5.26 Å². The molecule has 1 saturated carbocycles. The van der Waals surface area contributed by atoms with Gasteiger partial charge in [-0.1, -0.05) is 12.1 Å². The van der Waals surface area contributed by atoms with Crippen LogP contribution in [0.15, 0.2) is 24.3 Å². The molecular weight excluding hydrogens is 276 g/mol. The van der Waals surface area contributed by atoms with Crippen molar-refractivity contribution in [2.24, 2.45) is 5.41 Å². The van der Waals surface area contributed by atoms with Crippen molar-refractivity contribution in [2.75, 3.05) is 26.3 Å². The zero-order valence-electron chi connectivity index (χ0n) is 12.7. The minimum absolute atomic E-state index is 0.101. The van der Waals surface area contributed by atoms with Crippen molar-refractivity contribution >= 4 is 5.91 Å². The Kier molecular flexibility index (Phi) is 3.02. The molecule has 0 atom stereocenters. The van der Waals surface area contributed by atoms with E-state index in [0.717, 1.165) is 56.7 Å².